The van der Waals surface area contributed by atoms with Crippen LogP contribution in [0.1, 0.15) is 5.56 Å². The summed E-state index contributed by atoms with van der Waals surface area (Å²) in [4.78, 5) is 28.2. The first-order chi connectivity index (χ1) is 13.9. The highest BCUT2D eigenvalue weighted by molar-refractivity contribution is 5.93. The zero-order chi connectivity index (χ0) is 20.8. The third-order valence-corrected chi connectivity index (χ3v) is 4.80. The van der Waals surface area contributed by atoms with Crippen LogP contribution < -0.4 is 10.6 Å². The molecule has 1 saturated heterocycles. The van der Waals surface area contributed by atoms with E-state index < -0.39 is 5.82 Å². The predicted octanol–water partition coefficient (Wildman–Crippen LogP) is 2.47. The van der Waals surface area contributed by atoms with E-state index in [4.69, 9.17) is 0 Å². The Labute approximate surface area is 168 Å². The third kappa shape index (κ3) is 6.07. The van der Waals surface area contributed by atoms with Crippen molar-refractivity contribution in [3.05, 3.63) is 59.7 Å². The molecular formula is C21H24F2N4O2. The van der Waals surface area contributed by atoms with Crippen LogP contribution in [0.4, 0.5) is 20.2 Å². The van der Waals surface area contributed by atoms with E-state index in [0.29, 0.717) is 37.4 Å². The molecule has 0 unspecified atom stereocenters. The highest BCUT2D eigenvalue weighted by Crippen LogP contribution is 2.14. The number of piperazine rings is 1. The number of carbonyl (C=O) groups excluding carboxylic acids is 2. The monoisotopic (exact) mass is 402 g/mol. The number of para-hydroxylation sites is 1. The minimum Gasteiger partial charge on any atom is -0.325 e. The lowest BCUT2D eigenvalue weighted by Gasteiger charge is -2.33. The van der Waals surface area contributed by atoms with Crippen LogP contribution in [0.25, 0.3) is 0 Å². The molecule has 1 aliphatic heterocycles. The Morgan fingerprint density at radius 1 is 0.862 bits per heavy atom. The number of nitrogens with one attached hydrogen (secondary N) is 2. The first-order valence-corrected chi connectivity index (χ1v) is 9.46. The average Bonchev–Trinajstić information content (AvgIpc) is 2.68. The van der Waals surface area contributed by atoms with Crippen LogP contribution in [0.5, 0.6) is 0 Å². The number of rotatable bonds is 6. The number of aryl methyl sites for hydroxylation is 1. The Kier molecular flexibility index (Phi) is 6.90. The molecule has 1 fully saturated rings. The highest BCUT2D eigenvalue weighted by atomic mass is 19.1. The number of hydrogen-bond donors (Lipinski definition) is 2. The summed E-state index contributed by atoms with van der Waals surface area (Å²) < 4.78 is 27.2. The van der Waals surface area contributed by atoms with Crippen LogP contribution in [-0.4, -0.2) is 60.9 Å². The molecule has 2 aromatic rings. The molecule has 2 aromatic carbocycles. The molecule has 0 bridgehead atoms. The normalized spacial score (nSPS) is 15.1. The summed E-state index contributed by atoms with van der Waals surface area (Å²) in [7, 11) is 0. The lowest BCUT2D eigenvalue weighted by atomic mass is 10.2. The molecule has 0 aliphatic carbocycles. The molecule has 2 amide bonds. The van der Waals surface area contributed by atoms with Crippen LogP contribution in [0.3, 0.4) is 0 Å². The second-order valence-electron chi connectivity index (χ2n) is 7.09. The molecule has 0 atom stereocenters. The van der Waals surface area contributed by atoms with Gasteiger partial charge in [0.15, 0.2) is 0 Å². The number of anilines is 2. The van der Waals surface area contributed by atoms with Crippen molar-refractivity contribution in [3.63, 3.8) is 0 Å². The van der Waals surface area contributed by atoms with Crippen molar-refractivity contribution in [2.45, 2.75) is 6.92 Å². The molecule has 8 heteroatoms. The van der Waals surface area contributed by atoms with Gasteiger partial charge in [0.2, 0.25) is 11.8 Å². The summed E-state index contributed by atoms with van der Waals surface area (Å²) in [5, 5.41) is 5.27. The van der Waals surface area contributed by atoms with Crippen LogP contribution in [0.15, 0.2) is 42.5 Å². The Morgan fingerprint density at radius 2 is 1.45 bits per heavy atom. The number of benzene rings is 2. The summed E-state index contributed by atoms with van der Waals surface area (Å²) in [6.45, 7) is 4.53. The van der Waals surface area contributed by atoms with E-state index in [1.807, 2.05) is 9.80 Å². The quantitative estimate of drug-likeness (QED) is 0.779. The van der Waals surface area contributed by atoms with Crippen LogP contribution in [0.2, 0.25) is 0 Å². The number of nitrogens with zero attached hydrogens (tertiary/aromatic N) is 2. The topological polar surface area (TPSA) is 64.7 Å². The Morgan fingerprint density at radius 3 is 2.03 bits per heavy atom. The molecule has 2 N–H and O–H groups in total. The fourth-order valence-corrected chi connectivity index (χ4v) is 3.14. The largest absolute Gasteiger partial charge is 0.325 e. The summed E-state index contributed by atoms with van der Waals surface area (Å²) in [6.07, 6.45) is 0. The van der Waals surface area contributed by atoms with E-state index in [1.54, 1.807) is 31.2 Å². The number of hydrogen-bond acceptors (Lipinski definition) is 4. The molecule has 6 nitrogen and oxygen atoms in total. The Balaban J connectivity index is 1.40. The number of amides is 2. The molecule has 154 valence electrons. The molecule has 0 radical (unpaired) electrons. The predicted molar refractivity (Wildman–Crippen MR) is 108 cm³/mol. The van der Waals surface area contributed by atoms with E-state index in [-0.39, 0.29) is 36.4 Å². The van der Waals surface area contributed by atoms with E-state index in [1.165, 1.54) is 18.2 Å². The van der Waals surface area contributed by atoms with Gasteiger partial charge in [0, 0.05) is 31.9 Å². The van der Waals surface area contributed by atoms with Gasteiger partial charge in [-0.2, -0.15) is 0 Å². The fourth-order valence-electron chi connectivity index (χ4n) is 3.14. The van der Waals surface area contributed by atoms with Crippen LogP contribution in [-0.2, 0) is 9.59 Å². The van der Waals surface area contributed by atoms with E-state index in [2.05, 4.69) is 10.6 Å². The second-order valence-corrected chi connectivity index (χ2v) is 7.09. The lowest BCUT2D eigenvalue weighted by molar-refractivity contribution is -0.120. The van der Waals surface area contributed by atoms with Crippen LogP contribution >= 0.6 is 0 Å². The van der Waals surface area contributed by atoms with Gasteiger partial charge >= 0.3 is 0 Å². The maximum Gasteiger partial charge on any atom is 0.238 e. The van der Waals surface area contributed by atoms with Crippen molar-refractivity contribution in [3.8, 4) is 0 Å². The molecule has 0 aromatic heterocycles. The van der Waals surface area contributed by atoms with Crippen molar-refractivity contribution >= 4 is 23.2 Å². The van der Waals surface area contributed by atoms with Crippen molar-refractivity contribution in [2.24, 2.45) is 0 Å². The maximum absolute atomic E-state index is 13.6. The molecule has 0 saturated carbocycles. The Bertz CT molecular complexity index is 883. The van der Waals surface area contributed by atoms with Crippen LogP contribution in [0, 0.1) is 18.6 Å². The van der Waals surface area contributed by atoms with E-state index in [0.717, 1.165) is 0 Å². The summed E-state index contributed by atoms with van der Waals surface area (Å²) in [5.41, 5.74) is 1.13. The fraction of sp³-hybridized carbons (Fsp3) is 0.333. The van der Waals surface area contributed by atoms with Gasteiger partial charge in [-0.25, -0.2) is 8.78 Å². The maximum atomic E-state index is 13.6. The van der Waals surface area contributed by atoms with E-state index in [9.17, 15) is 18.4 Å². The standard InChI is InChI=1S/C21H24F2N4O2/c1-15-6-7-16(12-18(15)23)24-20(28)13-26-8-10-27(11-9-26)14-21(29)25-19-5-3-2-4-17(19)22/h2-7,12H,8-11,13-14H2,1H3,(H,24,28)(H,25,29). The minimum absolute atomic E-state index is 0.164. The summed E-state index contributed by atoms with van der Waals surface area (Å²) in [5.74, 6) is -1.31. The van der Waals surface area contributed by atoms with Crippen molar-refractivity contribution in [2.75, 3.05) is 49.9 Å². The molecular weight excluding hydrogens is 378 g/mol. The van der Waals surface area contributed by atoms with Gasteiger partial charge in [0.25, 0.3) is 0 Å². The van der Waals surface area contributed by atoms with Gasteiger partial charge in [-0.1, -0.05) is 18.2 Å². The van der Waals surface area contributed by atoms with Gasteiger partial charge in [-0.15, -0.1) is 0 Å². The first kappa shape index (κ1) is 20.9. The zero-order valence-corrected chi connectivity index (χ0v) is 16.3. The smallest absolute Gasteiger partial charge is 0.238 e. The zero-order valence-electron chi connectivity index (χ0n) is 16.3. The van der Waals surface area contributed by atoms with Gasteiger partial charge in [0.1, 0.15) is 11.6 Å². The number of carbonyl (C=O) groups is 2. The summed E-state index contributed by atoms with van der Waals surface area (Å²) >= 11 is 0. The van der Waals surface area contributed by atoms with Gasteiger partial charge in [-0.05, 0) is 36.8 Å². The van der Waals surface area contributed by atoms with Crippen molar-refractivity contribution in [1.29, 1.82) is 0 Å². The second kappa shape index (κ2) is 9.58. The minimum atomic E-state index is -0.467. The third-order valence-electron chi connectivity index (χ3n) is 4.80. The van der Waals surface area contributed by atoms with Gasteiger partial charge < -0.3 is 10.6 Å². The molecule has 3 rings (SSSR count). The van der Waals surface area contributed by atoms with Gasteiger partial charge in [0.05, 0.1) is 18.8 Å². The van der Waals surface area contributed by atoms with E-state index >= 15 is 0 Å². The van der Waals surface area contributed by atoms with Crippen molar-refractivity contribution < 1.29 is 18.4 Å². The molecule has 0 spiro atoms. The number of halogens is 2. The molecule has 1 aliphatic rings. The first-order valence-electron chi connectivity index (χ1n) is 9.46. The van der Waals surface area contributed by atoms with Crippen molar-refractivity contribution in [1.82, 2.24) is 9.80 Å². The average molecular weight is 402 g/mol. The lowest BCUT2D eigenvalue weighted by Crippen LogP contribution is -2.50. The molecule has 29 heavy (non-hydrogen) atoms. The van der Waals surface area contributed by atoms with Gasteiger partial charge in [-0.3, -0.25) is 19.4 Å². The molecule has 1 heterocycles. The SMILES string of the molecule is Cc1ccc(NC(=O)CN2CCN(CC(=O)Nc3ccccc3F)CC2)cc1F. The highest BCUT2D eigenvalue weighted by Gasteiger charge is 2.21. The summed E-state index contributed by atoms with van der Waals surface area (Å²) in [6, 6.07) is 10.6. The Hall–Kier alpha value is -2.84.